The second-order valence-corrected chi connectivity index (χ2v) is 10.0. The van der Waals surface area contributed by atoms with E-state index in [4.69, 9.17) is 9.47 Å². The highest BCUT2D eigenvalue weighted by molar-refractivity contribution is 5.67. The molecule has 4 rings (SSSR count). The van der Waals surface area contributed by atoms with E-state index < -0.39 is 5.60 Å². The first kappa shape index (κ1) is 20.9. The lowest BCUT2D eigenvalue weighted by Crippen LogP contribution is -2.56. The van der Waals surface area contributed by atoms with E-state index in [0.717, 1.165) is 38.5 Å². The summed E-state index contributed by atoms with van der Waals surface area (Å²) in [6, 6.07) is 0. The van der Waals surface area contributed by atoms with Crippen molar-refractivity contribution >= 4 is 5.97 Å². The number of ether oxygens (including phenoxy) is 2. The normalized spacial score (nSPS) is 43.7. The number of rotatable bonds is 4. The molecule has 1 N–H and O–H groups in total. The second-order valence-electron chi connectivity index (χ2n) is 10.0. The summed E-state index contributed by atoms with van der Waals surface area (Å²) in [6.07, 6.45) is 9.79. The Morgan fingerprint density at radius 1 is 1.31 bits per heavy atom. The summed E-state index contributed by atoms with van der Waals surface area (Å²) >= 11 is 0. The number of aliphatic hydroxyl groups excluding tert-OH is 1. The number of carbonyl (C=O) groups is 1. The van der Waals surface area contributed by atoms with Gasteiger partial charge in [-0.2, -0.15) is 0 Å². The fourth-order valence-corrected chi connectivity index (χ4v) is 7.70. The first-order valence-electron chi connectivity index (χ1n) is 11.2. The van der Waals surface area contributed by atoms with E-state index in [2.05, 4.69) is 26.2 Å². The van der Waals surface area contributed by atoms with Crippen LogP contribution in [0.3, 0.4) is 0 Å². The third-order valence-corrected chi connectivity index (χ3v) is 8.81. The highest BCUT2D eigenvalue weighted by Gasteiger charge is 2.66. The molecule has 0 aromatic heterocycles. The SMILES string of the molecule is C=C1C[C@@]2(C)[C@@H](CC[C@@]2(OC(C)=O)C(=C)CO)[C@@H]2CCC3=C[C@H](OC)CC[C@@H]3[C@@H]12. The van der Waals surface area contributed by atoms with Crippen LogP contribution in [0.1, 0.15) is 58.8 Å². The Morgan fingerprint density at radius 2 is 2.07 bits per heavy atom. The third kappa shape index (κ3) is 2.97. The molecule has 160 valence electrons. The van der Waals surface area contributed by atoms with Crippen LogP contribution in [-0.4, -0.2) is 36.5 Å². The zero-order chi connectivity index (χ0) is 21.0. The van der Waals surface area contributed by atoms with Crippen molar-refractivity contribution in [1.82, 2.24) is 0 Å². The van der Waals surface area contributed by atoms with Crippen molar-refractivity contribution < 1.29 is 19.4 Å². The summed E-state index contributed by atoms with van der Waals surface area (Å²) in [5.41, 5.74) is 2.47. The van der Waals surface area contributed by atoms with Crippen LogP contribution < -0.4 is 0 Å². The molecular formula is C25H36O4. The maximum absolute atomic E-state index is 12.1. The second kappa shape index (κ2) is 7.39. The lowest BCUT2D eigenvalue weighted by atomic mass is 9.48. The van der Waals surface area contributed by atoms with Gasteiger partial charge in [-0.15, -0.1) is 0 Å². The van der Waals surface area contributed by atoms with Crippen LogP contribution in [0.4, 0.5) is 0 Å². The van der Waals surface area contributed by atoms with E-state index in [1.54, 1.807) is 12.7 Å². The van der Waals surface area contributed by atoms with Crippen LogP contribution in [0.15, 0.2) is 36.0 Å². The van der Waals surface area contributed by atoms with E-state index in [1.807, 2.05) is 0 Å². The van der Waals surface area contributed by atoms with Crippen molar-refractivity contribution in [2.75, 3.05) is 13.7 Å². The van der Waals surface area contributed by atoms with Gasteiger partial charge in [0.05, 0.1) is 12.7 Å². The van der Waals surface area contributed by atoms with Crippen LogP contribution >= 0.6 is 0 Å². The van der Waals surface area contributed by atoms with Crippen molar-refractivity contribution in [3.05, 3.63) is 36.0 Å². The van der Waals surface area contributed by atoms with Crippen molar-refractivity contribution in [3.8, 4) is 0 Å². The van der Waals surface area contributed by atoms with Gasteiger partial charge in [0.25, 0.3) is 0 Å². The lowest BCUT2D eigenvalue weighted by molar-refractivity contribution is -0.169. The molecule has 0 aliphatic heterocycles. The van der Waals surface area contributed by atoms with Crippen molar-refractivity contribution in [2.45, 2.75) is 70.5 Å². The maximum Gasteiger partial charge on any atom is 0.303 e. The van der Waals surface area contributed by atoms with Gasteiger partial charge in [0.15, 0.2) is 0 Å². The number of esters is 1. The number of methoxy groups -OCH3 is 1. The molecule has 0 aromatic carbocycles. The maximum atomic E-state index is 12.1. The van der Waals surface area contributed by atoms with Crippen molar-refractivity contribution in [3.63, 3.8) is 0 Å². The largest absolute Gasteiger partial charge is 0.454 e. The Bertz CT molecular complexity index is 752. The minimum absolute atomic E-state index is 0.149. The number of allylic oxidation sites excluding steroid dienone is 2. The fourth-order valence-electron chi connectivity index (χ4n) is 7.70. The minimum atomic E-state index is -0.782. The third-order valence-electron chi connectivity index (χ3n) is 8.81. The van der Waals surface area contributed by atoms with Gasteiger partial charge in [-0.25, -0.2) is 0 Å². The molecule has 4 aliphatic rings. The first-order chi connectivity index (χ1) is 13.8. The van der Waals surface area contributed by atoms with Crippen LogP contribution in [0.5, 0.6) is 0 Å². The lowest BCUT2D eigenvalue weighted by Gasteiger charge is -2.57. The fraction of sp³-hybridized carbons (Fsp3) is 0.720. The van der Waals surface area contributed by atoms with Crippen LogP contribution in [0.2, 0.25) is 0 Å². The Morgan fingerprint density at radius 3 is 2.72 bits per heavy atom. The number of aliphatic hydroxyl groups is 1. The zero-order valence-electron chi connectivity index (χ0n) is 18.2. The molecule has 0 amide bonds. The van der Waals surface area contributed by atoms with Gasteiger partial charge in [-0.3, -0.25) is 4.79 Å². The molecule has 7 atom stereocenters. The average molecular weight is 401 g/mol. The molecule has 0 saturated heterocycles. The summed E-state index contributed by atoms with van der Waals surface area (Å²) in [6.45, 7) is 12.3. The Kier molecular flexibility index (Phi) is 5.31. The molecule has 0 heterocycles. The Labute approximate surface area is 175 Å². The van der Waals surface area contributed by atoms with E-state index in [-0.39, 0.29) is 24.1 Å². The topological polar surface area (TPSA) is 55.8 Å². The standard InChI is InChI=1S/C25H36O4/c1-15-13-24(4)22(10-11-25(24,16(2)14-26)29-17(3)27)21-8-6-18-12-19(28-5)7-9-20(18)23(15)21/h12,19-23,26H,1-2,6-11,13-14H2,3-5H3/t19-,20+,21+,22+,23-,24+,25-/m1/s1. The quantitative estimate of drug-likeness (QED) is 0.554. The van der Waals surface area contributed by atoms with Gasteiger partial charge in [0.2, 0.25) is 0 Å². The van der Waals surface area contributed by atoms with Gasteiger partial charge >= 0.3 is 5.97 Å². The highest BCUT2D eigenvalue weighted by atomic mass is 16.6. The van der Waals surface area contributed by atoms with Crippen molar-refractivity contribution in [2.24, 2.45) is 29.1 Å². The summed E-state index contributed by atoms with van der Waals surface area (Å²) < 4.78 is 11.6. The smallest absolute Gasteiger partial charge is 0.303 e. The molecule has 29 heavy (non-hydrogen) atoms. The summed E-state index contributed by atoms with van der Waals surface area (Å²) in [5.74, 6) is 1.83. The van der Waals surface area contributed by atoms with Gasteiger partial charge < -0.3 is 14.6 Å². The Balaban J connectivity index is 1.70. The van der Waals surface area contributed by atoms with Crippen LogP contribution in [-0.2, 0) is 14.3 Å². The number of hydrogen-bond acceptors (Lipinski definition) is 4. The molecule has 3 saturated carbocycles. The molecule has 0 aromatic rings. The predicted octanol–water partition coefficient (Wildman–Crippen LogP) is 4.59. The molecule has 4 aliphatic carbocycles. The molecule has 0 radical (unpaired) electrons. The number of carbonyl (C=O) groups excluding carboxylic acids is 1. The number of hydrogen-bond donors (Lipinski definition) is 1. The number of fused-ring (bicyclic) bond motifs is 5. The Hall–Kier alpha value is -1.39. The molecule has 3 fully saturated rings. The molecule has 0 unspecified atom stereocenters. The van der Waals surface area contributed by atoms with E-state index in [1.165, 1.54) is 18.9 Å². The van der Waals surface area contributed by atoms with Gasteiger partial charge in [-0.1, -0.05) is 37.3 Å². The van der Waals surface area contributed by atoms with Gasteiger partial charge in [-0.05, 0) is 74.2 Å². The molecular weight excluding hydrogens is 364 g/mol. The highest BCUT2D eigenvalue weighted by Crippen LogP contribution is 2.68. The van der Waals surface area contributed by atoms with Crippen LogP contribution in [0, 0.1) is 29.1 Å². The summed E-state index contributed by atoms with van der Waals surface area (Å²) in [4.78, 5) is 12.1. The average Bonchev–Trinajstić information content (AvgIpc) is 2.98. The molecule has 0 spiro atoms. The summed E-state index contributed by atoms with van der Waals surface area (Å²) in [7, 11) is 1.81. The predicted molar refractivity (Wildman–Crippen MR) is 113 cm³/mol. The monoisotopic (exact) mass is 400 g/mol. The van der Waals surface area contributed by atoms with Gasteiger partial charge in [0.1, 0.15) is 5.60 Å². The van der Waals surface area contributed by atoms with Gasteiger partial charge in [0, 0.05) is 19.4 Å². The van der Waals surface area contributed by atoms with Crippen LogP contribution in [0.25, 0.3) is 0 Å². The first-order valence-corrected chi connectivity index (χ1v) is 11.2. The zero-order valence-corrected chi connectivity index (χ0v) is 18.2. The van der Waals surface area contributed by atoms with E-state index in [9.17, 15) is 9.90 Å². The summed E-state index contributed by atoms with van der Waals surface area (Å²) in [5, 5.41) is 9.95. The molecule has 4 heteroatoms. The molecule has 4 nitrogen and oxygen atoms in total. The van der Waals surface area contributed by atoms with E-state index in [0.29, 0.717) is 29.2 Å². The van der Waals surface area contributed by atoms with E-state index >= 15 is 0 Å². The molecule has 0 bridgehead atoms. The minimum Gasteiger partial charge on any atom is -0.454 e. The van der Waals surface area contributed by atoms with Crippen molar-refractivity contribution in [1.29, 1.82) is 0 Å².